The van der Waals surface area contributed by atoms with Crippen LogP contribution in [0.15, 0.2) is 60.8 Å². The normalized spacial score (nSPS) is 10.9. The lowest BCUT2D eigenvalue weighted by Crippen LogP contribution is -2.10. The highest BCUT2D eigenvalue weighted by atomic mass is 19.1. The SMILES string of the molecule is NC(=O)c1ccc(-c2ccnc3[nH]nc(-c4cccc(F)c4)c23)cc1. The van der Waals surface area contributed by atoms with Crippen molar-refractivity contribution in [3.05, 3.63) is 72.2 Å². The second-order valence-electron chi connectivity index (χ2n) is 5.61. The van der Waals surface area contributed by atoms with Gasteiger partial charge in [0, 0.05) is 17.3 Å². The summed E-state index contributed by atoms with van der Waals surface area (Å²) in [4.78, 5) is 15.5. The number of nitrogens with zero attached hydrogens (tertiary/aromatic N) is 2. The summed E-state index contributed by atoms with van der Waals surface area (Å²) >= 11 is 0. The van der Waals surface area contributed by atoms with Gasteiger partial charge in [-0.05, 0) is 41.5 Å². The molecule has 25 heavy (non-hydrogen) atoms. The fraction of sp³-hybridized carbons (Fsp3) is 0. The van der Waals surface area contributed by atoms with Crippen molar-refractivity contribution < 1.29 is 9.18 Å². The van der Waals surface area contributed by atoms with Crippen LogP contribution in [0.5, 0.6) is 0 Å². The number of aromatic nitrogens is 3. The van der Waals surface area contributed by atoms with E-state index in [1.165, 1.54) is 12.1 Å². The van der Waals surface area contributed by atoms with Crippen molar-refractivity contribution in [2.24, 2.45) is 5.73 Å². The Labute approximate surface area is 142 Å². The predicted molar refractivity (Wildman–Crippen MR) is 93.2 cm³/mol. The number of rotatable bonds is 3. The van der Waals surface area contributed by atoms with Gasteiger partial charge in [0.25, 0.3) is 0 Å². The molecule has 0 saturated carbocycles. The molecule has 0 aliphatic heterocycles. The highest BCUT2D eigenvalue weighted by Crippen LogP contribution is 2.34. The number of carbonyl (C=O) groups is 1. The molecule has 0 fully saturated rings. The molecule has 1 amide bonds. The van der Waals surface area contributed by atoms with E-state index >= 15 is 0 Å². The molecule has 0 radical (unpaired) electrons. The largest absolute Gasteiger partial charge is 0.366 e. The first-order valence-corrected chi connectivity index (χ1v) is 7.63. The number of hydrogen-bond donors (Lipinski definition) is 2. The maximum Gasteiger partial charge on any atom is 0.248 e. The summed E-state index contributed by atoms with van der Waals surface area (Å²) in [5.74, 6) is -0.805. The molecule has 2 aromatic heterocycles. The Morgan fingerprint density at radius 2 is 1.84 bits per heavy atom. The van der Waals surface area contributed by atoms with E-state index in [-0.39, 0.29) is 5.82 Å². The number of pyridine rings is 1. The van der Waals surface area contributed by atoms with Gasteiger partial charge in [0.1, 0.15) is 11.5 Å². The molecule has 0 aliphatic carbocycles. The number of H-pyrrole nitrogens is 1. The smallest absolute Gasteiger partial charge is 0.248 e. The summed E-state index contributed by atoms with van der Waals surface area (Å²) in [6.45, 7) is 0. The van der Waals surface area contributed by atoms with E-state index in [0.717, 1.165) is 16.5 Å². The molecule has 0 saturated heterocycles. The highest BCUT2D eigenvalue weighted by molar-refractivity contribution is 6.02. The van der Waals surface area contributed by atoms with Crippen LogP contribution < -0.4 is 5.73 Å². The van der Waals surface area contributed by atoms with Crippen molar-refractivity contribution in [3.63, 3.8) is 0 Å². The number of fused-ring (bicyclic) bond motifs is 1. The van der Waals surface area contributed by atoms with Gasteiger partial charge in [-0.3, -0.25) is 9.89 Å². The van der Waals surface area contributed by atoms with Gasteiger partial charge in [0.15, 0.2) is 5.65 Å². The topological polar surface area (TPSA) is 84.7 Å². The predicted octanol–water partition coefficient (Wildman–Crippen LogP) is 3.53. The van der Waals surface area contributed by atoms with Crippen LogP contribution in [-0.2, 0) is 0 Å². The van der Waals surface area contributed by atoms with E-state index in [1.54, 1.807) is 30.5 Å². The first-order valence-electron chi connectivity index (χ1n) is 7.63. The fourth-order valence-electron chi connectivity index (χ4n) is 2.85. The minimum absolute atomic E-state index is 0.329. The van der Waals surface area contributed by atoms with Crippen LogP contribution in [0.25, 0.3) is 33.4 Å². The van der Waals surface area contributed by atoms with Gasteiger partial charge in [0.2, 0.25) is 5.91 Å². The van der Waals surface area contributed by atoms with Gasteiger partial charge in [-0.2, -0.15) is 5.10 Å². The van der Waals surface area contributed by atoms with Gasteiger partial charge in [0.05, 0.1) is 5.39 Å². The van der Waals surface area contributed by atoms with Crippen LogP contribution >= 0.6 is 0 Å². The number of benzene rings is 2. The first-order chi connectivity index (χ1) is 12.1. The average molecular weight is 332 g/mol. The molecule has 2 heterocycles. The van der Waals surface area contributed by atoms with Crippen molar-refractivity contribution in [3.8, 4) is 22.4 Å². The summed E-state index contributed by atoms with van der Waals surface area (Å²) in [5.41, 5.74) is 9.39. The molecular formula is C19H13FN4O. The van der Waals surface area contributed by atoms with Gasteiger partial charge < -0.3 is 5.73 Å². The Hall–Kier alpha value is -3.54. The highest BCUT2D eigenvalue weighted by Gasteiger charge is 2.15. The summed E-state index contributed by atoms with van der Waals surface area (Å²) in [7, 11) is 0. The molecule has 0 atom stereocenters. The summed E-state index contributed by atoms with van der Waals surface area (Å²) in [6, 6.07) is 15.1. The van der Waals surface area contributed by atoms with E-state index in [2.05, 4.69) is 15.2 Å². The number of amides is 1. The average Bonchev–Trinajstić information content (AvgIpc) is 3.06. The zero-order chi connectivity index (χ0) is 17.4. The fourth-order valence-corrected chi connectivity index (χ4v) is 2.85. The van der Waals surface area contributed by atoms with Crippen LogP contribution in [0.1, 0.15) is 10.4 Å². The molecule has 3 N–H and O–H groups in total. The Morgan fingerprint density at radius 1 is 1.04 bits per heavy atom. The lowest BCUT2D eigenvalue weighted by molar-refractivity contribution is 0.100. The number of nitrogens with two attached hydrogens (primary N) is 1. The molecule has 0 unspecified atom stereocenters. The third-order valence-electron chi connectivity index (χ3n) is 4.04. The number of hydrogen-bond acceptors (Lipinski definition) is 3. The van der Waals surface area contributed by atoms with E-state index in [0.29, 0.717) is 22.5 Å². The summed E-state index contributed by atoms with van der Waals surface area (Å²) in [6.07, 6.45) is 1.67. The minimum Gasteiger partial charge on any atom is -0.366 e. The van der Waals surface area contributed by atoms with Crippen LogP contribution in [0.2, 0.25) is 0 Å². The third-order valence-corrected chi connectivity index (χ3v) is 4.04. The van der Waals surface area contributed by atoms with Crippen molar-refractivity contribution >= 4 is 16.9 Å². The zero-order valence-corrected chi connectivity index (χ0v) is 13.0. The third kappa shape index (κ3) is 2.63. The monoisotopic (exact) mass is 332 g/mol. The van der Waals surface area contributed by atoms with Crippen molar-refractivity contribution in [1.29, 1.82) is 0 Å². The molecule has 0 spiro atoms. The lowest BCUT2D eigenvalue weighted by atomic mass is 9.99. The second-order valence-corrected chi connectivity index (χ2v) is 5.61. The van der Waals surface area contributed by atoms with Crippen LogP contribution in [0.3, 0.4) is 0 Å². The van der Waals surface area contributed by atoms with E-state index in [4.69, 9.17) is 5.73 Å². The van der Waals surface area contributed by atoms with Gasteiger partial charge in [-0.15, -0.1) is 0 Å². The van der Waals surface area contributed by atoms with Crippen LogP contribution in [0, 0.1) is 5.82 Å². The molecule has 122 valence electrons. The molecule has 4 rings (SSSR count). The molecule has 2 aromatic carbocycles. The second kappa shape index (κ2) is 5.83. The van der Waals surface area contributed by atoms with E-state index in [1.807, 2.05) is 18.2 Å². The molecule has 0 bridgehead atoms. The lowest BCUT2D eigenvalue weighted by Gasteiger charge is -2.06. The number of halogens is 1. The molecular weight excluding hydrogens is 319 g/mol. The van der Waals surface area contributed by atoms with Crippen LogP contribution in [0.4, 0.5) is 4.39 Å². The van der Waals surface area contributed by atoms with E-state index < -0.39 is 5.91 Å². The van der Waals surface area contributed by atoms with Crippen molar-refractivity contribution in [2.45, 2.75) is 0 Å². The Balaban J connectivity index is 1.93. The number of nitrogens with one attached hydrogen (secondary N) is 1. The van der Waals surface area contributed by atoms with Crippen LogP contribution in [-0.4, -0.2) is 21.1 Å². The van der Waals surface area contributed by atoms with Gasteiger partial charge in [-0.25, -0.2) is 9.37 Å². The van der Waals surface area contributed by atoms with Gasteiger partial charge >= 0.3 is 0 Å². The summed E-state index contributed by atoms with van der Waals surface area (Å²) in [5, 5.41) is 7.99. The Kier molecular flexibility index (Phi) is 3.50. The van der Waals surface area contributed by atoms with Crippen molar-refractivity contribution in [2.75, 3.05) is 0 Å². The summed E-state index contributed by atoms with van der Waals surface area (Å²) < 4.78 is 13.6. The Bertz CT molecular complexity index is 1090. The molecule has 0 aliphatic rings. The zero-order valence-electron chi connectivity index (χ0n) is 13.0. The minimum atomic E-state index is -0.477. The van der Waals surface area contributed by atoms with E-state index in [9.17, 15) is 9.18 Å². The number of aromatic amines is 1. The first kappa shape index (κ1) is 15.0. The standard InChI is InChI=1S/C19H13FN4O/c20-14-3-1-2-13(10-14)17-16-15(8-9-22-19(16)24-23-17)11-4-6-12(7-5-11)18(21)25/h1-10H,(H2,21,25)(H,22,23,24). The molecule has 6 heteroatoms. The maximum absolute atomic E-state index is 13.6. The quantitative estimate of drug-likeness (QED) is 0.602. The van der Waals surface area contributed by atoms with Crippen molar-refractivity contribution in [1.82, 2.24) is 15.2 Å². The molecule has 4 aromatic rings. The molecule has 5 nitrogen and oxygen atoms in total. The maximum atomic E-state index is 13.6. The Morgan fingerprint density at radius 3 is 2.56 bits per heavy atom. The number of primary amides is 1. The number of carbonyl (C=O) groups excluding carboxylic acids is 1. The van der Waals surface area contributed by atoms with Gasteiger partial charge in [-0.1, -0.05) is 24.3 Å².